The van der Waals surface area contributed by atoms with Crippen molar-refractivity contribution >= 4 is 22.3 Å². The third-order valence-corrected chi connectivity index (χ3v) is 2.44. The van der Waals surface area contributed by atoms with Crippen LogP contribution in [0, 0.1) is 0 Å². The number of nitrogen functional groups attached to an aromatic ring is 1. The molecule has 0 aliphatic rings. The van der Waals surface area contributed by atoms with Gasteiger partial charge in [0.15, 0.2) is 10.9 Å². The molecule has 0 bridgehead atoms. The Labute approximate surface area is 74.0 Å². The van der Waals surface area contributed by atoms with Gasteiger partial charge in [0, 0.05) is 6.92 Å². The Balaban J connectivity index is 3.17. The maximum Gasteiger partial charge on any atom is 0.181 e. The topological polar surface area (TPSA) is 76.2 Å². The van der Waals surface area contributed by atoms with Gasteiger partial charge in [-0.15, -0.1) is 0 Å². The molecule has 1 heterocycles. The van der Waals surface area contributed by atoms with Gasteiger partial charge in [-0.3, -0.25) is 4.79 Å². The second-order valence-electron chi connectivity index (χ2n) is 2.50. The van der Waals surface area contributed by atoms with E-state index in [2.05, 4.69) is 4.98 Å². The summed E-state index contributed by atoms with van der Waals surface area (Å²) in [6.45, 7) is 2.99. The zero-order valence-corrected chi connectivity index (χ0v) is 7.68. The average molecular weight is 186 g/mol. The van der Waals surface area contributed by atoms with Gasteiger partial charge in [0.25, 0.3) is 0 Å². The number of anilines is 1. The Kier molecular flexibility index (Phi) is 2.44. The van der Waals surface area contributed by atoms with Crippen molar-refractivity contribution < 1.29 is 9.90 Å². The van der Waals surface area contributed by atoms with E-state index in [1.807, 2.05) is 0 Å². The van der Waals surface area contributed by atoms with E-state index in [0.717, 1.165) is 11.3 Å². The number of hydrogen-bond donors (Lipinski definition) is 2. The summed E-state index contributed by atoms with van der Waals surface area (Å²) in [5.74, 6) is -0.168. The average Bonchev–Trinajstić information content (AvgIpc) is 2.31. The van der Waals surface area contributed by atoms with Crippen LogP contribution >= 0.6 is 11.3 Å². The number of aromatic nitrogens is 1. The van der Waals surface area contributed by atoms with Crippen molar-refractivity contribution in [3.63, 3.8) is 0 Å². The van der Waals surface area contributed by atoms with Crippen LogP contribution in [0.1, 0.15) is 35.3 Å². The molecular formula is C7H10N2O2S. The molecule has 1 atom stereocenters. The molecule has 0 spiro atoms. The molecule has 0 aromatic carbocycles. The summed E-state index contributed by atoms with van der Waals surface area (Å²) in [4.78, 5) is 15.3. The van der Waals surface area contributed by atoms with Gasteiger partial charge in [-0.1, -0.05) is 11.3 Å². The molecule has 0 fully saturated rings. The van der Waals surface area contributed by atoms with Crippen molar-refractivity contribution in [1.82, 2.24) is 4.98 Å². The van der Waals surface area contributed by atoms with Crippen molar-refractivity contribution in [2.24, 2.45) is 0 Å². The fourth-order valence-electron chi connectivity index (χ4n) is 0.884. The van der Waals surface area contributed by atoms with Crippen LogP contribution in [0.3, 0.4) is 0 Å². The second-order valence-corrected chi connectivity index (χ2v) is 3.56. The Bertz CT molecular complexity index is 306. The molecule has 4 nitrogen and oxygen atoms in total. The summed E-state index contributed by atoms with van der Waals surface area (Å²) in [5, 5.41) is 9.55. The van der Waals surface area contributed by atoms with Crippen LogP contribution in [0.2, 0.25) is 0 Å². The van der Waals surface area contributed by atoms with Crippen LogP contribution in [-0.2, 0) is 0 Å². The van der Waals surface area contributed by atoms with E-state index >= 15 is 0 Å². The Morgan fingerprint density at radius 3 is 2.67 bits per heavy atom. The van der Waals surface area contributed by atoms with Crippen LogP contribution in [-0.4, -0.2) is 15.9 Å². The molecule has 0 saturated carbocycles. The second kappa shape index (κ2) is 3.20. The van der Waals surface area contributed by atoms with Crippen molar-refractivity contribution in [3.8, 4) is 0 Å². The predicted octanol–water partition coefficient (Wildman–Crippen LogP) is 0.981. The van der Waals surface area contributed by atoms with Gasteiger partial charge in [-0.25, -0.2) is 4.98 Å². The lowest BCUT2D eigenvalue weighted by molar-refractivity contribution is 0.100. The highest BCUT2D eigenvalue weighted by Crippen LogP contribution is 2.26. The van der Waals surface area contributed by atoms with E-state index in [9.17, 15) is 9.90 Å². The van der Waals surface area contributed by atoms with E-state index in [-0.39, 0.29) is 11.5 Å². The first-order chi connectivity index (χ1) is 5.52. The van der Waals surface area contributed by atoms with E-state index in [0.29, 0.717) is 10.0 Å². The van der Waals surface area contributed by atoms with Crippen LogP contribution in [0.15, 0.2) is 0 Å². The number of nitrogens with two attached hydrogens (primary N) is 1. The maximum absolute atomic E-state index is 11.0. The van der Waals surface area contributed by atoms with E-state index in [1.54, 1.807) is 6.92 Å². The lowest BCUT2D eigenvalue weighted by atomic mass is 10.2. The highest BCUT2D eigenvalue weighted by atomic mass is 32.1. The maximum atomic E-state index is 11.0. The third-order valence-electron chi connectivity index (χ3n) is 1.38. The summed E-state index contributed by atoms with van der Waals surface area (Å²) >= 11 is 1.15. The Hall–Kier alpha value is -0.940. The van der Waals surface area contributed by atoms with Crippen molar-refractivity contribution in [2.45, 2.75) is 20.0 Å². The number of thiazole rings is 1. The van der Waals surface area contributed by atoms with E-state index in [4.69, 9.17) is 5.73 Å². The standard InChI is InChI=1S/C7H10N2O2S/c1-3(10)5-6(4(2)11)12-7(8)9-5/h4,11H,1-2H3,(H2,8,9). The lowest BCUT2D eigenvalue weighted by Gasteiger charge is -1.99. The third kappa shape index (κ3) is 1.62. The zero-order valence-electron chi connectivity index (χ0n) is 6.87. The highest BCUT2D eigenvalue weighted by molar-refractivity contribution is 7.15. The van der Waals surface area contributed by atoms with Crippen molar-refractivity contribution in [3.05, 3.63) is 10.6 Å². The molecule has 0 amide bonds. The monoisotopic (exact) mass is 186 g/mol. The summed E-state index contributed by atoms with van der Waals surface area (Å²) in [7, 11) is 0. The smallest absolute Gasteiger partial charge is 0.181 e. The summed E-state index contributed by atoms with van der Waals surface area (Å²) in [6, 6.07) is 0. The Morgan fingerprint density at radius 1 is 1.75 bits per heavy atom. The number of ketones is 1. The molecule has 0 saturated heterocycles. The fraction of sp³-hybridized carbons (Fsp3) is 0.429. The minimum absolute atomic E-state index is 0.168. The number of rotatable bonds is 2. The summed E-state index contributed by atoms with van der Waals surface area (Å²) in [5.41, 5.74) is 5.68. The number of carbonyl (C=O) groups excluding carboxylic acids is 1. The van der Waals surface area contributed by atoms with Crippen LogP contribution in [0.25, 0.3) is 0 Å². The van der Waals surface area contributed by atoms with Gasteiger partial charge >= 0.3 is 0 Å². The predicted molar refractivity (Wildman–Crippen MR) is 47.2 cm³/mol. The molecule has 1 unspecified atom stereocenters. The molecule has 1 aromatic heterocycles. The molecule has 1 rings (SSSR count). The van der Waals surface area contributed by atoms with Gasteiger partial charge in [0.05, 0.1) is 11.0 Å². The minimum Gasteiger partial charge on any atom is -0.388 e. The largest absolute Gasteiger partial charge is 0.388 e. The first-order valence-electron chi connectivity index (χ1n) is 3.47. The number of aliphatic hydroxyl groups excluding tert-OH is 1. The highest BCUT2D eigenvalue weighted by Gasteiger charge is 2.16. The SMILES string of the molecule is CC(=O)c1nc(N)sc1C(C)O. The van der Waals surface area contributed by atoms with Crippen molar-refractivity contribution in [1.29, 1.82) is 0 Å². The van der Waals surface area contributed by atoms with Gasteiger partial charge in [-0.2, -0.15) is 0 Å². The van der Waals surface area contributed by atoms with Gasteiger partial charge < -0.3 is 10.8 Å². The minimum atomic E-state index is -0.682. The number of hydrogen-bond acceptors (Lipinski definition) is 5. The molecule has 0 aliphatic heterocycles. The first-order valence-corrected chi connectivity index (χ1v) is 4.29. The van der Waals surface area contributed by atoms with E-state index < -0.39 is 6.10 Å². The molecule has 66 valence electrons. The van der Waals surface area contributed by atoms with E-state index in [1.165, 1.54) is 6.92 Å². The quantitative estimate of drug-likeness (QED) is 0.675. The first kappa shape index (κ1) is 9.15. The molecule has 0 aliphatic carbocycles. The normalized spacial score (nSPS) is 12.9. The van der Waals surface area contributed by atoms with Gasteiger partial charge in [-0.05, 0) is 6.92 Å². The summed E-state index contributed by atoms with van der Waals surface area (Å²) < 4.78 is 0. The van der Waals surface area contributed by atoms with Crippen molar-refractivity contribution in [2.75, 3.05) is 5.73 Å². The molecule has 12 heavy (non-hydrogen) atoms. The zero-order chi connectivity index (χ0) is 9.30. The summed E-state index contributed by atoms with van der Waals surface area (Å²) in [6.07, 6.45) is -0.682. The lowest BCUT2D eigenvalue weighted by Crippen LogP contribution is -2.00. The van der Waals surface area contributed by atoms with Gasteiger partial charge in [0.2, 0.25) is 0 Å². The Morgan fingerprint density at radius 2 is 2.33 bits per heavy atom. The number of carbonyl (C=O) groups is 1. The van der Waals surface area contributed by atoms with Crippen LogP contribution in [0.5, 0.6) is 0 Å². The van der Waals surface area contributed by atoms with Crippen LogP contribution < -0.4 is 5.73 Å². The molecule has 1 aromatic rings. The molecular weight excluding hydrogens is 176 g/mol. The molecule has 3 N–H and O–H groups in total. The van der Waals surface area contributed by atoms with Crippen LogP contribution in [0.4, 0.5) is 5.13 Å². The number of nitrogens with zero attached hydrogens (tertiary/aromatic N) is 1. The van der Waals surface area contributed by atoms with Gasteiger partial charge in [0.1, 0.15) is 5.69 Å². The number of Topliss-reactive ketones (excluding diaryl/α,β-unsaturated/α-hetero) is 1. The fourth-order valence-corrected chi connectivity index (χ4v) is 1.70. The molecule has 5 heteroatoms. The number of aliphatic hydroxyl groups is 1. The molecule has 0 radical (unpaired) electrons.